The SMILES string of the molecule is CC(/C=C/c1ccc(OS(=O)(=O)C(F)(F)F)cc1)N=[N+]=[N-]. The fourth-order valence-electron chi connectivity index (χ4n) is 1.18. The first kappa shape index (κ1) is 16.9. The van der Waals surface area contributed by atoms with Crippen LogP contribution in [-0.4, -0.2) is 20.0 Å². The van der Waals surface area contributed by atoms with Crippen molar-refractivity contribution in [2.75, 3.05) is 0 Å². The van der Waals surface area contributed by atoms with E-state index in [-0.39, 0.29) is 0 Å². The Morgan fingerprint density at radius 3 is 2.38 bits per heavy atom. The minimum Gasteiger partial charge on any atom is -0.376 e. The van der Waals surface area contributed by atoms with Crippen LogP contribution in [0.2, 0.25) is 0 Å². The van der Waals surface area contributed by atoms with Gasteiger partial charge in [-0.25, -0.2) is 0 Å². The Balaban J connectivity index is 2.82. The molecule has 0 aliphatic rings. The molecule has 0 fully saturated rings. The van der Waals surface area contributed by atoms with Gasteiger partial charge in [-0.15, -0.1) is 0 Å². The van der Waals surface area contributed by atoms with Gasteiger partial charge in [0, 0.05) is 4.91 Å². The summed E-state index contributed by atoms with van der Waals surface area (Å²) in [6.07, 6.45) is 3.14. The largest absolute Gasteiger partial charge is 0.534 e. The number of azide groups is 1. The first-order valence-corrected chi connectivity index (χ1v) is 6.90. The molecule has 0 aromatic heterocycles. The van der Waals surface area contributed by atoms with Crippen LogP contribution < -0.4 is 4.18 Å². The third-order valence-corrected chi connectivity index (χ3v) is 3.15. The Labute approximate surface area is 118 Å². The number of nitrogens with zero attached hydrogens (tertiary/aromatic N) is 3. The smallest absolute Gasteiger partial charge is 0.376 e. The molecule has 0 saturated heterocycles. The summed E-state index contributed by atoms with van der Waals surface area (Å²) in [5, 5.41) is 3.40. The summed E-state index contributed by atoms with van der Waals surface area (Å²) in [4.78, 5) is 2.61. The summed E-state index contributed by atoms with van der Waals surface area (Å²) in [5.74, 6) is -0.451. The molecule has 0 aliphatic heterocycles. The molecule has 1 rings (SSSR count). The molecule has 1 aromatic carbocycles. The molecule has 114 valence electrons. The molecule has 0 bridgehead atoms. The van der Waals surface area contributed by atoms with Crippen LogP contribution in [0.15, 0.2) is 35.5 Å². The highest BCUT2D eigenvalue weighted by Gasteiger charge is 2.48. The Kier molecular flexibility index (Phi) is 5.23. The molecule has 1 aromatic rings. The Bertz CT molecular complexity index is 662. The van der Waals surface area contributed by atoms with E-state index in [0.29, 0.717) is 5.56 Å². The second kappa shape index (κ2) is 6.51. The molecule has 0 aliphatic carbocycles. The van der Waals surface area contributed by atoms with Gasteiger partial charge >= 0.3 is 15.6 Å². The summed E-state index contributed by atoms with van der Waals surface area (Å²) in [6.45, 7) is 1.64. The number of halogens is 3. The maximum absolute atomic E-state index is 12.1. The lowest BCUT2D eigenvalue weighted by molar-refractivity contribution is -0.0500. The second-order valence-electron chi connectivity index (χ2n) is 3.86. The summed E-state index contributed by atoms with van der Waals surface area (Å²) in [7, 11) is -5.67. The molecule has 0 heterocycles. The Morgan fingerprint density at radius 2 is 1.90 bits per heavy atom. The highest BCUT2D eigenvalue weighted by atomic mass is 32.2. The van der Waals surface area contributed by atoms with E-state index < -0.39 is 27.4 Å². The predicted molar refractivity (Wildman–Crippen MR) is 69.7 cm³/mol. The molecule has 0 amide bonds. The topological polar surface area (TPSA) is 92.1 Å². The van der Waals surface area contributed by atoms with Crippen LogP contribution in [0.25, 0.3) is 16.5 Å². The van der Waals surface area contributed by atoms with Gasteiger partial charge in [0.05, 0.1) is 6.04 Å². The van der Waals surface area contributed by atoms with E-state index in [0.717, 1.165) is 12.1 Å². The van der Waals surface area contributed by atoms with E-state index >= 15 is 0 Å². The molecule has 10 heteroatoms. The number of rotatable bonds is 5. The van der Waals surface area contributed by atoms with E-state index in [1.807, 2.05) is 0 Å². The Morgan fingerprint density at radius 1 is 1.33 bits per heavy atom. The maximum Gasteiger partial charge on any atom is 0.534 e. The molecular weight excluding hydrogens is 311 g/mol. The molecule has 0 saturated carbocycles. The summed E-state index contributed by atoms with van der Waals surface area (Å²) in [6, 6.07) is 4.50. The van der Waals surface area contributed by atoms with Gasteiger partial charge in [-0.3, -0.25) is 0 Å². The quantitative estimate of drug-likeness (QED) is 0.272. The molecule has 1 atom stereocenters. The third kappa shape index (κ3) is 5.01. The van der Waals surface area contributed by atoms with Crippen LogP contribution in [0, 0.1) is 0 Å². The van der Waals surface area contributed by atoms with Crippen LogP contribution in [0.5, 0.6) is 5.75 Å². The van der Waals surface area contributed by atoms with Gasteiger partial charge in [0.25, 0.3) is 0 Å². The fourth-order valence-corrected chi connectivity index (χ4v) is 1.64. The average molecular weight is 321 g/mol. The van der Waals surface area contributed by atoms with E-state index in [2.05, 4.69) is 14.2 Å². The lowest BCUT2D eigenvalue weighted by Crippen LogP contribution is -2.28. The van der Waals surface area contributed by atoms with Crippen LogP contribution >= 0.6 is 0 Å². The zero-order valence-electron chi connectivity index (χ0n) is 10.6. The number of benzene rings is 1. The number of hydrogen-bond donors (Lipinski definition) is 0. The van der Waals surface area contributed by atoms with Crippen molar-refractivity contribution in [1.29, 1.82) is 0 Å². The Hall–Kier alpha value is -2.19. The second-order valence-corrected chi connectivity index (χ2v) is 5.39. The van der Waals surface area contributed by atoms with E-state index in [4.69, 9.17) is 5.53 Å². The van der Waals surface area contributed by atoms with E-state index in [9.17, 15) is 21.6 Å². The minimum atomic E-state index is -5.67. The van der Waals surface area contributed by atoms with Crippen LogP contribution in [-0.2, 0) is 10.1 Å². The fraction of sp³-hybridized carbons (Fsp3) is 0.273. The van der Waals surface area contributed by atoms with E-state index in [1.165, 1.54) is 12.1 Å². The minimum absolute atomic E-state index is 0.392. The summed E-state index contributed by atoms with van der Waals surface area (Å²) in [5.41, 5.74) is 3.30. The van der Waals surface area contributed by atoms with Crippen molar-refractivity contribution >= 4 is 16.2 Å². The van der Waals surface area contributed by atoms with Gasteiger partial charge in [-0.05, 0) is 23.2 Å². The maximum atomic E-state index is 12.1. The van der Waals surface area contributed by atoms with Crippen LogP contribution in [0.3, 0.4) is 0 Å². The van der Waals surface area contributed by atoms with Crippen LogP contribution in [0.4, 0.5) is 13.2 Å². The standard InChI is InChI=1S/C11H10F3N3O3S/c1-8(16-17-15)2-3-9-4-6-10(7-5-9)20-21(18,19)11(12,13)14/h2-8H,1H3/b3-2+. The zero-order valence-corrected chi connectivity index (χ0v) is 11.5. The molecule has 0 radical (unpaired) electrons. The molecule has 21 heavy (non-hydrogen) atoms. The van der Waals surface area contributed by atoms with Gasteiger partial charge in [0.2, 0.25) is 0 Å². The molecule has 6 nitrogen and oxygen atoms in total. The summed E-state index contributed by atoms with van der Waals surface area (Å²) >= 11 is 0. The normalized spacial score (nSPS) is 13.7. The predicted octanol–water partition coefficient (Wildman–Crippen LogP) is 3.63. The van der Waals surface area contributed by atoms with Gasteiger partial charge < -0.3 is 4.18 Å². The van der Waals surface area contributed by atoms with Crippen molar-refractivity contribution in [2.45, 2.75) is 18.5 Å². The summed E-state index contributed by atoms with van der Waals surface area (Å²) < 4.78 is 61.9. The van der Waals surface area contributed by atoms with Gasteiger partial charge in [0.1, 0.15) is 5.75 Å². The number of alkyl halides is 3. The van der Waals surface area contributed by atoms with Crippen molar-refractivity contribution in [3.8, 4) is 5.75 Å². The highest BCUT2D eigenvalue weighted by molar-refractivity contribution is 7.87. The average Bonchev–Trinajstić information content (AvgIpc) is 2.36. The molecule has 0 spiro atoms. The lowest BCUT2D eigenvalue weighted by atomic mass is 10.2. The van der Waals surface area contributed by atoms with Gasteiger partial charge in [-0.1, -0.05) is 36.3 Å². The van der Waals surface area contributed by atoms with Gasteiger partial charge in [0.15, 0.2) is 0 Å². The van der Waals surface area contributed by atoms with Crippen molar-refractivity contribution < 1.29 is 25.8 Å². The third-order valence-electron chi connectivity index (χ3n) is 2.17. The molecule has 1 unspecified atom stereocenters. The monoisotopic (exact) mass is 321 g/mol. The van der Waals surface area contributed by atoms with Crippen LogP contribution in [0.1, 0.15) is 12.5 Å². The first-order valence-electron chi connectivity index (χ1n) is 5.49. The van der Waals surface area contributed by atoms with Crippen molar-refractivity contribution in [1.82, 2.24) is 0 Å². The molecule has 0 N–H and O–H groups in total. The van der Waals surface area contributed by atoms with Gasteiger partial charge in [-0.2, -0.15) is 21.6 Å². The van der Waals surface area contributed by atoms with Crippen molar-refractivity contribution in [3.05, 3.63) is 46.3 Å². The molecular formula is C11H10F3N3O3S. The van der Waals surface area contributed by atoms with Crippen molar-refractivity contribution in [2.24, 2.45) is 5.11 Å². The van der Waals surface area contributed by atoms with Crippen molar-refractivity contribution in [3.63, 3.8) is 0 Å². The zero-order chi connectivity index (χ0) is 16.1. The lowest BCUT2D eigenvalue weighted by Gasteiger charge is -2.09. The highest BCUT2D eigenvalue weighted by Crippen LogP contribution is 2.27. The first-order chi connectivity index (χ1) is 9.65. The number of hydrogen-bond acceptors (Lipinski definition) is 4. The van der Waals surface area contributed by atoms with E-state index in [1.54, 1.807) is 19.1 Å².